The summed E-state index contributed by atoms with van der Waals surface area (Å²) in [5.74, 6) is -0.893. The lowest BCUT2D eigenvalue weighted by Crippen LogP contribution is -2.22. The van der Waals surface area contributed by atoms with Gasteiger partial charge >= 0.3 is 0 Å². The summed E-state index contributed by atoms with van der Waals surface area (Å²) >= 11 is 1.50. The van der Waals surface area contributed by atoms with E-state index >= 15 is 0 Å². The van der Waals surface area contributed by atoms with Crippen LogP contribution in [0, 0.1) is 25.9 Å². The Morgan fingerprint density at radius 3 is 2.52 bits per heavy atom. The van der Waals surface area contributed by atoms with E-state index in [1.165, 1.54) is 23.5 Å². The number of aryl methyl sites for hydroxylation is 1. The molecule has 0 amide bonds. The molecule has 0 aliphatic carbocycles. The van der Waals surface area contributed by atoms with Crippen LogP contribution in [0.2, 0.25) is 0 Å². The van der Waals surface area contributed by atoms with Gasteiger partial charge < -0.3 is 5.32 Å². The fraction of sp³-hybridized carbons (Fsp3) is 0.211. The second-order valence-electron chi connectivity index (χ2n) is 5.83. The van der Waals surface area contributed by atoms with Crippen molar-refractivity contribution in [3.05, 3.63) is 85.6 Å². The number of halogens is 1. The van der Waals surface area contributed by atoms with Gasteiger partial charge in [0, 0.05) is 34.0 Å². The van der Waals surface area contributed by atoms with Gasteiger partial charge in [-0.25, -0.2) is 19.1 Å². The molecule has 1 aromatic heterocycles. The Morgan fingerprint density at radius 1 is 1.16 bits per heavy atom. The van der Waals surface area contributed by atoms with Crippen LogP contribution in [0.5, 0.6) is 0 Å². The topological polar surface area (TPSA) is 33.6 Å². The van der Waals surface area contributed by atoms with Crippen LogP contribution in [0.15, 0.2) is 40.7 Å². The molecule has 1 atom stereocenters. The highest BCUT2D eigenvalue weighted by Crippen LogP contribution is 2.47. The van der Waals surface area contributed by atoms with Gasteiger partial charge in [0.05, 0.1) is 13.1 Å². The van der Waals surface area contributed by atoms with Crippen molar-refractivity contribution in [1.29, 1.82) is 0 Å². The molecule has 1 N–H and O–H groups in total. The third-order valence-electron chi connectivity index (χ3n) is 4.12. The summed E-state index contributed by atoms with van der Waals surface area (Å²) in [5, 5.41) is 6.01. The summed E-state index contributed by atoms with van der Waals surface area (Å²) in [6.45, 7) is 20.7. The summed E-state index contributed by atoms with van der Waals surface area (Å²) in [7, 11) is 0. The standard InChI is InChI=1S/C19H15FN4S/c1-10-9-25-19(23-10)16-11(2)24-12(3)18(22-5)17(16)14-7-6-13(20)8-15(14)21-4/h6-9,17,24H,1-3H3. The first-order valence-electron chi connectivity index (χ1n) is 7.61. The molecule has 2 aromatic rings. The SMILES string of the molecule is [C-]#[N+]C1=C(C)NC(C)=C(c2nc(C)cs2)C1c1ccc(F)cc1[N+]#[C-]. The molecule has 0 saturated heterocycles. The third kappa shape index (κ3) is 2.93. The molecule has 0 bridgehead atoms. The quantitative estimate of drug-likeness (QED) is 0.735. The highest BCUT2D eigenvalue weighted by atomic mass is 32.1. The Bertz CT molecular complexity index is 1000. The van der Waals surface area contributed by atoms with Crippen LogP contribution in [0.4, 0.5) is 10.1 Å². The lowest BCUT2D eigenvalue weighted by atomic mass is 9.83. The van der Waals surface area contributed by atoms with Crippen molar-refractivity contribution in [3.8, 4) is 0 Å². The number of hydrogen-bond acceptors (Lipinski definition) is 3. The average molecular weight is 350 g/mol. The van der Waals surface area contributed by atoms with Gasteiger partial charge in [-0.2, -0.15) is 0 Å². The van der Waals surface area contributed by atoms with Crippen molar-refractivity contribution in [1.82, 2.24) is 10.3 Å². The molecule has 4 nitrogen and oxygen atoms in total. The Hall–Kier alpha value is -2.96. The molecule has 0 spiro atoms. The molecule has 0 fully saturated rings. The maximum absolute atomic E-state index is 13.6. The van der Waals surface area contributed by atoms with Gasteiger partial charge in [-0.1, -0.05) is 6.07 Å². The number of thiazole rings is 1. The molecular weight excluding hydrogens is 335 g/mol. The summed E-state index contributed by atoms with van der Waals surface area (Å²) in [6.07, 6.45) is 0. The fourth-order valence-corrected chi connectivity index (χ4v) is 3.98. The molecule has 2 heterocycles. The van der Waals surface area contributed by atoms with Crippen LogP contribution < -0.4 is 5.32 Å². The van der Waals surface area contributed by atoms with Crippen LogP contribution >= 0.6 is 11.3 Å². The van der Waals surface area contributed by atoms with E-state index in [1.807, 2.05) is 26.2 Å². The minimum absolute atomic E-state index is 0.222. The summed E-state index contributed by atoms with van der Waals surface area (Å²) in [4.78, 5) is 11.8. The molecule has 0 saturated carbocycles. The number of rotatable bonds is 2. The predicted molar refractivity (Wildman–Crippen MR) is 97.3 cm³/mol. The van der Waals surface area contributed by atoms with Crippen LogP contribution in [0.3, 0.4) is 0 Å². The van der Waals surface area contributed by atoms with E-state index < -0.39 is 11.7 Å². The van der Waals surface area contributed by atoms with Crippen molar-refractivity contribution in [3.63, 3.8) is 0 Å². The lowest BCUT2D eigenvalue weighted by Gasteiger charge is -2.29. The van der Waals surface area contributed by atoms with Crippen molar-refractivity contribution in [2.45, 2.75) is 26.7 Å². The van der Waals surface area contributed by atoms with Gasteiger partial charge in [-0.3, -0.25) is 0 Å². The molecule has 124 valence electrons. The number of hydrogen-bond donors (Lipinski definition) is 1. The molecule has 1 aromatic carbocycles. The van der Waals surface area contributed by atoms with E-state index in [0.717, 1.165) is 27.7 Å². The molecule has 1 aliphatic heterocycles. The molecule has 1 unspecified atom stereocenters. The van der Waals surface area contributed by atoms with Crippen molar-refractivity contribution in [2.75, 3.05) is 0 Å². The largest absolute Gasteiger partial charge is 0.372 e. The fourth-order valence-electron chi connectivity index (χ4n) is 3.05. The highest BCUT2D eigenvalue weighted by Gasteiger charge is 2.33. The van der Waals surface area contributed by atoms with Gasteiger partial charge in [-0.05, 0) is 38.5 Å². The number of benzene rings is 1. The molecule has 3 rings (SSSR count). The van der Waals surface area contributed by atoms with Crippen LogP contribution in [-0.2, 0) is 0 Å². The smallest absolute Gasteiger partial charge is 0.194 e. The first-order valence-corrected chi connectivity index (χ1v) is 8.49. The lowest BCUT2D eigenvalue weighted by molar-refractivity contribution is 0.628. The van der Waals surface area contributed by atoms with E-state index in [2.05, 4.69) is 20.0 Å². The van der Waals surface area contributed by atoms with Crippen LogP contribution in [0.25, 0.3) is 15.3 Å². The van der Waals surface area contributed by atoms with Gasteiger partial charge in [0.2, 0.25) is 0 Å². The Balaban J connectivity index is 2.29. The van der Waals surface area contributed by atoms with E-state index in [4.69, 9.17) is 13.1 Å². The van der Waals surface area contributed by atoms with Crippen molar-refractivity contribution in [2.24, 2.45) is 0 Å². The maximum atomic E-state index is 13.6. The van der Waals surface area contributed by atoms with Crippen molar-refractivity contribution >= 4 is 22.6 Å². The minimum atomic E-state index is -0.457. The first-order chi connectivity index (χ1) is 12.0. The van der Waals surface area contributed by atoms with E-state index in [9.17, 15) is 4.39 Å². The summed E-state index contributed by atoms with van der Waals surface area (Å²) in [6, 6.07) is 4.16. The average Bonchev–Trinajstić information content (AvgIpc) is 3.00. The van der Waals surface area contributed by atoms with Gasteiger partial charge in [0.25, 0.3) is 0 Å². The second-order valence-corrected chi connectivity index (χ2v) is 6.69. The second kappa shape index (κ2) is 6.51. The van der Waals surface area contributed by atoms with Crippen LogP contribution in [0.1, 0.15) is 36.0 Å². The van der Waals surface area contributed by atoms with E-state index in [0.29, 0.717) is 11.3 Å². The Kier molecular flexibility index (Phi) is 4.39. The molecular formula is C19H15FN4S. The summed E-state index contributed by atoms with van der Waals surface area (Å²) < 4.78 is 13.6. The highest BCUT2D eigenvalue weighted by molar-refractivity contribution is 7.10. The van der Waals surface area contributed by atoms with Gasteiger partial charge in [0.1, 0.15) is 10.8 Å². The monoisotopic (exact) mass is 350 g/mol. The van der Waals surface area contributed by atoms with Crippen LogP contribution in [-0.4, -0.2) is 4.98 Å². The maximum Gasteiger partial charge on any atom is 0.194 e. The first kappa shape index (κ1) is 16.9. The predicted octanol–water partition coefficient (Wildman–Crippen LogP) is 5.41. The Morgan fingerprint density at radius 2 is 1.92 bits per heavy atom. The Labute approximate surface area is 150 Å². The van der Waals surface area contributed by atoms with Gasteiger partial charge in [-0.15, -0.1) is 11.3 Å². The number of nitrogens with zero attached hydrogens (tertiary/aromatic N) is 3. The minimum Gasteiger partial charge on any atom is -0.372 e. The molecule has 6 heteroatoms. The number of dihydropyridines is 1. The zero-order valence-corrected chi connectivity index (χ0v) is 14.8. The molecule has 1 aliphatic rings. The molecule has 0 radical (unpaired) electrons. The zero-order valence-electron chi connectivity index (χ0n) is 14.0. The molecule has 25 heavy (non-hydrogen) atoms. The van der Waals surface area contributed by atoms with Crippen molar-refractivity contribution < 1.29 is 4.39 Å². The van der Waals surface area contributed by atoms with E-state index in [-0.39, 0.29) is 5.69 Å². The third-order valence-corrected chi connectivity index (χ3v) is 5.11. The van der Waals surface area contributed by atoms with E-state index in [1.54, 1.807) is 6.07 Å². The number of aromatic nitrogens is 1. The summed E-state index contributed by atoms with van der Waals surface area (Å²) in [5.41, 5.74) is 4.76. The number of nitrogens with one attached hydrogen (secondary N) is 1. The normalized spacial score (nSPS) is 17.1. The van der Waals surface area contributed by atoms with Gasteiger partial charge in [0.15, 0.2) is 11.4 Å². The number of allylic oxidation sites excluding steroid dienone is 3. The zero-order chi connectivity index (χ0) is 18.1.